The summed E-state index contributed by atoms with van der Waals surface area (Å²) in [5, 5.41) is 12.1. The normalized spacial score (nSPS) is 36.4. The maximum absolute atomic E-state index is 12.9. The molecule has 138 valence electrons. The van der Waals surface area contributed by atoms with Crippen LogP contribution in [0.1, 0.15) is 66.2 Å². The minimum atomic E-state index is -0.960. The van der Waals surface area contributed by atoms with Crippen LogP contribution < -0.4 is 5.32 Å². The number of ether oxygens (including phenoxy) is 1. The number of esters is 1. The van der Waals surface area contributed by atoms with E-state index in [0.717, 1.165) is 19.3 Å². The average molecular weight is 346 g/mol. The fourth-order valence-corrected chi connectivity index (χ4v) is 5.36. The molecule has 0 heterocycles. The minimum Gasteiger partial charge on any atom is -0.452 e. The molecule has 2 atom stereocenters. The van der Waals surface area contributed by atoms with Gasteiger partial charge in [0.2, 0.25) is 0 Å². The van der Waals surface area contributed by atoms with Crippen LogP contribution in [0, 0.1) is 40.4 Å². The third kappa shape index (κ3) is 3.28. The third-order valence-electron chi connectivity index (χ3n) is 6.89. The van der Waals surface area contributed by atoms with E-state index >= 15 is 0 Å². The summed E-state index contributed by atoms with van der Waals surface area (Å²) in [7, 11) is 0. The van der Waals surface area contributed by atoms with E-state index in [0.29, 0.717) is 17.8 Å². The smallest absolute Gasteiger partial charge is 0.312 e. The van der Waals surface area contributed by atoms with Gasteiger partial charge in [0, 0.05) is 0 Å². The summed E-state index contributed by atoms with van der Waals surface area (Å²) in [5.74, 6) is 1.35. The van der Waals surface area contributed by atoms with Gasteiger partial charge in [-0.15, -0.1) is 0 Å². The monoisotopic (exact) mass is 346 g/mol. The lowest BCUT2D eigenvalue weighted by Crippen LogP contribution is -2.54. The van der Waals surface area contributed by atoms with Gasteiger partial charge in [0.15, 0.2) is 6.10 Å². The van der Waals surface area contributed by atoms with E-state index in [4.69, 9.17) is 4.74 Å². The standard InChI is InChI=1S/C20H30N2O3/c1-12(2)19(4,11-21)22-17(23)13(3)25-18(24)20-8-14-5-15(9-20)7-16(6-14)10-20/h12-16H,5-10H2,1-4H3,(H,22,23). The maximum Gasteiger partial charge on any atom is 0.312 e. The summed E-state index contributed by atoms with van der Waals surface area (Å²) in [6, 6.07) is 2.15. The SMILES string of the molecule is CC(OC(=O)C12CC3CC(CC(C3)C1)C2)C(=O)NC(C)(C#N)C(C)C. The van der Waals surface area contributed by atoms with Crippen LogP contribution in [0.3, 0.4) is 0 Å². The van der Waals surface area contributed by atoms with Gasteiger partial charge >= 0.3 is 5.97 Å². The quantitative estimate of drug-likeness (QED) is 0.775. The van der Waals surface area contributed by atoms with Crippen LogP contribution in [-0.4, -0.2) is 23.5 Å². The van der Waals surface area contributed by atoms with Crippen molar-refractivity contribution >= 4 is 11.9 Å². The van der Waals surface area contributed by atoms with Gasteiger partial charge in [-0.2, -0.15) is 5.26 Å². The van der Waals surface area contributed by atoms with Gasteiger partial charge in [-0.3, -0.25) is 9.59 Å². The van der Waals surface area contributed by atoms with Gasteiger partial charge in [-0.05, 0) is 76.0 Å². The molecule has 4 fully saturated rings. The fourth-order valence-electron chi connectivity index (χ4n) is 5.36. The Labute approximate surface area is 150 Å². The molecule has 1 amide bonds. The number of rotatable bonds is 5. The summed E-state index contributed by atoms with van der Waals surface area (Å²) in [4.78, 5) is 25.4. The second-order valence-corrected chi connectivity index (χ2v) is 9.20. The second-order valence-electron chi connectivity index (χ2n) is 9.20. The van der Waals surface area contributed by atoms with Crippen LogP contribution >= 0.6 is 0 Å². The highest BCUT2D eigenvalue weighted by molar-refractivity contribution is 5.86. The molecule has 0 radical (unpaired) electrons. The highest BCUT2D eigenvalue weighted by Crippen LogP contribution is 2.60. The molecule has 4 aliphatic carbocycles. The first-order valence-corrected chi connectivity index (χ1v) is 9.62. The van der Waals surface area contributed by atoms with Crippen LogP contribution in [0.4, 0.5) is 0 Å². The summed E-state index contributed by atoms with van der Waals surface area (Å²) in [6.45, 7) is 7.07. The summed E-state index contributed by atoms with van der Waals surface area (Å²) >= 11 is 0. The molecule has 0 aromatic carbocycles. The Bertz CT molecular complexity index is 571. The van der Waals surface area contributed by atoms with Crippen molar-refractivity contribution in [1.82, 2.24) is 5.32 Å². The Balaban J connectivity index is 1.63. The van der Waals surface area contributed by atoms with Gasteiger partial charge < -0.3 is 10.1 Å². The van der Waals surface area contributed by atoms with Crippen LogP contribution in [0.5, 0.6) is 0 Å². The molecule has 4 aliphatic rings. The van der Waals surface area contributed by atoms with Crippen molar-refractivity contribution in [2.75, 3.05) is 0 Å². The lowest BCUT2D eigenvalue weighted by Gasteiger charge is -2.55. The van der Waals surface area contributed by atoms with Crippen LogP contribution in [0.2, 0.25) is 0 Å². The average Bonchev–Trinajstić information content (AvgIpc) is 2.53. The summed E-state index contributed by atoms with van der Waals surface area (Å²) in [6.07, 6.45) is 5.69. The van der Waals surface area contributed by atoms with Crippen molar-refractivity contribution < 1.29 is 14.3 Å². The van der Waals surface area contributed by atoms with Gasteiger partial charge in [-0.1, -0.05) is 13.8 Å². The number of nitrogens with zero attached hydrogens (tertiary/aromatic N) is 1. The maximum atomic E-state index is 12.9. The van der Waals surface area contributed by atoms with Gasteiger partial charge in [0.05, 0.1) is 11.5 Å². The first kappa shape index (κ1) is 18.2. The zero-order valence-corrected chi connectivity index (χ0v) is 15.8. The molecule has 0 aromatic rings. The number of hydrogen-bond acceptors (Lipinski definition) is 4. The van der Waals surface area contributed by atoms with Crippen molar-refractivity contribution in [3.8, 4) is 6.07 Å². The fraction of sp³-hybridized carbons (Fsp3) is 0.850. The third-order valence-corrected chi connectivity index (χ3v) is 6.89. The largest absolute Gasteiger partial charge is 0.452 e. The Morgan fingerprint density at radius 2 is 1.60 bits per heavy atom. The van der Waals surface area contributed by atoms with Crippen LogP contribution in [0.25, 0.3) is 0 Å². The van der Waals surface area contributed by atoms with E-state index in [1.807, 2.05) is 13.8 Å². The van der Waals surface area contributed by atoms with E-state index < -0.39 is 17.6 Å². The highest BCUT2D eigenvalue weighted by atomic mass is 16.5. The molecule has 0 saturated heterocycles. The van der Waals surface area contributed by atoms with Crippen molar-refractivity contribution in [2.24, 2.45) is 29.1 Å². The first-order chi connectivity index (χ1) is 11.7. The first-order valence-electron chi connectivity index (χ1n) is 9.62. The van der Waals surface area contributed by atoms with E-state index in [1.165, 1.54) is 19.3 Å². The highest BCUT2D eigenvalue weighted by Gasteiger charge is 2.56. The number of nitriles is 1. The lowest BCUT2D eigenvalue weighted by molar-refractivity contribution is -0.178. The summed E-state index contributed by atoms with van der Waals surface area (Å²) in [5.41, 5.74) is -1.32. The Morgan fingerprint density at radius 3 is 2.00 bits per heavy atom. The van der Waals surface area contributed by atoms with E-state index in [-0.39, 0.29) is 17.3 Å². The van der Waals surface area contributed by atoms with Gasteiger partial charge in [0.1, 0.15) is 5.54 Å². The van der Waals surface area contributed by atoms with Gasteiger partial charge in [0.25, 0.3) is 5.91 Å². The molecule has 4 saturated carbocycles. The van der Waals surface area contributed by atoms with Gasteiger partial charge in [-0.25, -0.2) is 0 Å². The number of amides is 1. The molecule has 2 unspecified atom stereocenters. The molecule has 0 aliphatic heterocycles. The lowest BCUT2D eigenvalue weighted by atomic mass is 9.49. The predicted molar refractivity (Wildman–Crippen MR) is 93.2 cm³/mol. The Morgan fingerprint density at radius 1 is 1.12 bits per heavy atom. The summed E-state index contributed by atoms with van der Waals surface area (Å²) < 4.78 is 5.61. The molecule has 1 N–H and O–H groups in total. The van der Waals surface area contributed by atoms with Crippen molar-refractivity contribution in [3.63, 3.8) is 0 Å². The Kier molecular flexibility index (Phi) is 4.59. The van der Waals surface area contributed by atoms with Crippen molar-refractivity contribution in [3.05, 3.63) is 0 Å². The second kappa shape index (κ2) is 6.30. The molecular formula is C20H30N2O3. The zero-order valence-electron chi connectivity index (χ0n) is 15.8. The Hall–Kier alpha value is -1.57. The molecule has 0 spiro atoms. The van der Waals surface area contributed by atoms with E-state index in [2.05, 4.69) is 11.4 Å². The molecule has 4 bridgehead atoms. The zero-order chi connectivity index (χ0) is 18.4. The molecular weight excluding hydrogens is 316 g/mol. The number of carbonyl (C=O) groups is 2. The minimum absolute atomic E-state index is 0.0347. The van der Waals surface area contributed by atoms with E-state index in [1.54, 1.807) is 13.8 Å². The molecule has 0 aromatic heterocycles. The number of carbonyl (C=O) groups excluding carboxylic acids is 2. The topological polar surface area (TPSA) is 79.2 Å². The van der Waals surface area contributed by atoms with Crippen LogP contribution in [-0.2, 0) is 14.3 Å². The molecule has 5 nitrogen and oxygen atoms in total. The van der Waals surface area contributed by atoms with Crippen molar-refractivity contribution in [1.29, 1.82) is 5.26 Å². The van der Waals surface area contributed by atoms with Crippen LogP contribution in [0.15, 0.2) is 0 Å². The van der Waals surface area contributed by atoms with Crippen molar-refractivity contribution in [2.45, 2.75) is 77.9 Å². The molecule has 4 rings (SSSR count). The number of nitrogens with one attached hydrogen (secondary N) is 1. The number of hydrogen-bond donors (Lipinski definition) is 1. The predicted octanol–water partition coefficient (Wildman–Crippen LogP) is 3.19. The molecule has 25 heavy (non-hydrogen) atoms. The van der Waals surface area contributed by atoms with E-state index in [9.17, 15) is 14.9 Å². The molecule has 5 heteroatoms.